The van der Waals surface area contributed by atoms with Gasteiger partial charge in [0, 0.05) is 35.5 Å². The van der Waals surface area contributed by atoms with Gasteiger partial charge in [-0.3, -0.25) is 19.4 Å². The van der Waals surface area contributed by atoms with E-state index in [1.54, 1.807) is 36.5 Å². The molecule has 190 valence electrons. The summed E-state index contributed by atoms with van der Waals surface area (Å²) in [6.07, 6.45) is 4.51. The van der Waals surface area contributed by atoms with E-state index in [2.05, 4.69) is 27.8 Å². The first-order valence-corrected chi connectivity index (χ1v) is 12.6. The Kier molecular flexibility index (Phi) is 7.00. The van der Waals surface area contributed by atoms with Crippen LogP contribution in [0.25, 0.3) is 22.4 Å². The van der Waals surface area contributed by atoms with Crippen LogP contribution in [-0.4, -0.2) is 29.8 Å². The van der Waals surface area contributed by atoms with Gasteiger partial charge >= 0.3 is 0 Å². The fraction of sp³-hybridized carbons (Fsp3) is 0.161. The Bertz CT molecular complexity index is 1530. The van der Waals surface area contributed by atoms with E-state index < -0.39 is 5.91 Å². The molecule has 1 heterocycles. The van der Waals surface area contributed by atoms with Crippen molar-refractivity contribution in [3.8, 4) is 22.4 Å². The molecule has 1 aliphatic rings. The number of amides is 3. The minimum Gasteiger partial charge on any atom is -0.366 e. The lowest BCUT2D eigenvalue weighted by Crippen LogP contribution is -2.31. The Hall–Kier alpha value is -4.78. The zero-order valence-corrected chi connectivity index (χ0v) is 21.0. The Balaban J connectivity index is 1.64. The van der Waals surface area contributed by atoms with Crippen molar-refractivity contribution in [2.75, 3.05) is 7.05 Å². The molecule has 7 nitrogen and oxygen atoms in total. The van der Waals surface area contributed by atoms with Crippen molar-refractivity contribution in [3.63, 3.8) is 0 Å². The van der Waals surface area contributed by atoms with Gasteiger partial charge in [0.25, 0.3) is 11.8 Å². The van der Waals surface area contributed by atoms with Crippen LogP contribution in [0, 0.1) is 0 Å². The van der Waals surface area contributed by atoms with Crippen molar-refractivity contribution in [2.45, 2.75) is 25.3 Å². The number of carbonyl (C=O) groups excluding carboxylic acids is 3. The summed E-state index contributed by atoms with van der Waals surface area (Å²) in [5, 5.41) is 5.80. The van der Waals surface area contributed by atoms with Crippen LogP contribution in [0.15, 0.2) is 85.1 Å². The molecule has 4 N–H and O–H groups in total. The molecule has 0 saturated carbocycles. The maximum Gasteiger partial charge on any atom is 0.252 e. The maximum atomic E-state index is 13.8. The van der Waals surface area contributed by atoms with Crippen molar-refractivity contribution in [1.29, 1.82) is 0 Å². The van der Waals surface area contributed by atoms with E-state index in [4.69, 9.17) is 5.73 Å². The van der Waals surface area contributed by atoms with E-state index in [9.17, 15) is 14.4 Å². The zero-order valence-electron chi connectivity index (χ0n) is 21.0. The predicted molar refractivity (Wildman–Crippen MR) is 147 cm³/mol. The number of carbonyl (C=O) groups is 3. The van der Waals surface area contributed by atoms with Gasteiger partial charge in [0.15, 0.2) is 0 Å². The summed E-state index contributed by atoms with van der Waals surface area (Å²) < 4.78 is 0. The minimum absolute atomic E-state index is 0.0966. The SMILES string of the molecule is CNC(=O)c1ccc(-c2cccc(C(=O)NC3CCCc4ccccc43)c2-c2ccccn2)c(C(N)=O)c1. The highest BCUT2D eigenvalue weighted by molar-refractivity contribution is 6.08. The van der Waals surface area contributed by atoms with Crippen LogP contribution in [-0.2, 0) is 6.42 Å². The fourth-order valence-electron chi connectivity index (χ4n) is 5.16. The number of nitrogens with one attached hydrogen (secondary N) is 2. The van der Waals surface area contributed by atoms with E-state index in [0.29, 0.717) is 33.5 Å². The van der Waals surface area contributed by atoms with E-state index in [-0.39, 0.29) is 23.4 Å². The zero-order chi connectivity index (χ0) is 26.6. The number of fused-ring (bicyclic) bond motifs is 1. The van der Waals surface area contributed by atoms with E-state index in [0.717, 1.165) is 24.8 Å². The largest absolute Gasteiger partial charge is 0.366 e. The molecule has 5 rings (SSSR count). The van der Waals surface area contributed by atoms with Gasteiger partial charge in [-0.1, -0.05) is 48.5 Å². The smallest absolute Gasteiger partial charge is 0.252 e. The van der Waals surface area contributed by atoms with Gasteiger partial charge in [0.2, 0.25) is 5.91 Å². The molecule has 0 aliphatic heterocycles. The summed E-state index contributed by atoms with van der Waals surface area (Å²) >= 11 is 0. The van der Waals surface area contributed by atoms with Crippen LogP contribution in [0.2, 0.25) is 0 Å². The number of aryl methyl sites for hydroxylation is 1. The molecule has 0 bridgehead atoms. The van der Waals surface area contributed by atoms with Crippen molar-refractivity contribution in [3.05, 3.63) is 113 Å². The topological polar surface area (TPSA) is 114 Å². The average Bonchev–Trinajstić information content (AvgIpc) is 2.96. The highest BCUT2D eigenvalue weighted by atomic mass is 16.2. The second-order valence-electron chi connectivity index (χ2n) is 9.26. The van der Waals surface area contributed by atoms with E-state index in [1.165, 1.54) is 18.7 Å². The first kappa shape index (κ1) is 24.9. The summed E-state index contributed by atoms with van der Waals surface area (Å²) in [7, 11) is 1.52. The Morgan fingerprint density at radius 2 is 1.68 bits per heavy atom. The summed E-state index contributed by atoms with van der Waals surface area (Å²) in [6.45, 7) is 0. The average molecular weight is 505 g/mol. The molecular weight excluding hydrogens is 476 g/mol. The summed E-state index contributed by atoms with van der Waals surface area (Å²) in [5.41, 5.74) is 11.4. The number of nitrogens with two attached hydrogens (primary N) is 1. The predicted octanol–water partition coefficient (Wildman–Crippen LogP) is 4.68. The third-order valence-corrected chi connectivity index (χ3v) is 6.97. The third-order valence-electron chi connectivity index (χ3n) is 6.97. The Morgan fingerprint density at radius 3 is 2.45 bits per heavy atom. The molecule has 0 saturated heterocycles. The van der Waals surface area contributed by atoms with Crippen LogP contribution >= 0.6 is 0 Å². The molecule has 7 heteroatoms. The van der Waals surface area contributed by atoms with Gasteiger partial charge in [-0.05, 0) is 71.8 Å². The lowest BCUT2D eigenvalue weighted by Gasteiger charge is -2.27. The van der Waals surface area contributed by atoms with Gasteiger partial charge in [-0.15, -0.1) is 0 Å². The normalized spacial score (nSPS) is 14.3. The summed E-state index contributed by atoms with van der Waals surface area (Å²) in [5.74, 6) is -1.23. The number of hydrogen-bond donors (Lipinski definition) is 3. The highest BCUT2D eigenvalue weighted by Crippen LogP contribution is 2.37. The first-order valence-electron chi connectivity index (χ1n) is 12.6. The summed E-state index contributed by atoms with van der Waals surface area (Å²) in [6, 6.07) is 23.8. The maximum absolute atomic E-state index is 13.8. The number of aromatic nitrogens is 1. The van der Waals surface area contributed by atoms with Crippen LogP contribution < -0.4 is 16.4 Å². The minimum atomic E-state index is -0.675. The highest BCUT2D eigenvalue weighted by Gasteiger charge is 2.26. The number of primary amides is 1. The van der Waals surface area contributed by atoms with Gasteiger partial charge in [0.1, 0.15) is 0 Å². The lowest BCUT2D eigenvalue weighted by molar-refractivity contribution is 0.0930. The molecule has 0 radical (unpaired) electrons. The van der Waals surface area contributed by atoms with Gasteiger partial charge < -0.3 is 16.4 Å². The van der Waals surface area contributed by atoms with Crippen LogP contribution in [0.3, 0.4) is 0 Å². The van der Waals surface area contributed by atoms with Crippen molar-refractivity contribution < 1.29 is 14.4 Å². The molecular formula is C31H28N4O3. The number of benzene rings is 3. The third kappa shape index (κ3) is 4.78. The lowest BCUT2D eigenvalue weighted by atomic mass is 9.86. The molecule has 3 aromatic carbocycles. The molecule has 4 aromatic rings. The molecule has 0 spiro atoms. The van der Waals surface area contributed by atoms with Crippen molar-refractivity contribution >= 4 is 17.7 Å². The quantitative estimate of drug-likeness (QED) is 0.354. The standard InChI is InChI=1S/C31H28N4O3/c1-33-30(37)20-15-16-22(25(18-20)29(32)36)23-11-7-12-24(28(23)27-13-4-5-17-34-27)31(38)35-26-14-6-9-19-8-2-3-10-21(19)26/h2-5,7-8,10-13,15-18,26H,6,9,14H2,1H3,(H2,32,36)(H,33,37)(H,35,38). The fourth-order valence-corrected chi connectivity index (χ4v) is 5.16. The molecule has 3 amide bonds. The second-order valence-corrected chi connectivity index (χ2v) is 9.26. The molecule has 38 heavy (non-hydrogen) atoms. The van der Waals surface area contributed by atoms with Crippen LogP contribution in [0.5, 0.6) is 0 Å². The molecule has 0 fully saturated rings. The first-order chi connectivity index (χ1) is 18.5. The molecule has 1 unspecified atom stereocenters. The Morgan fingerprint density at radius 1 is 0.868 bits per heavy atom. The monoisotopic (exact) mass is 504 g/mol. The van der Waals surface area contributed by atoms with Crippen molar-refractivity contribution in [1.82, 2.24) is 15.6 Å². The number of hydrogen-bond acceptors (Lipinski definition) is 4. The molecule has 1 aromatic heterocycles. The van der Waals surface area contributed by atoms with Crippen LogP contribution in [0.1, 0.15) is 61.1 Å². The van der Waals surface area contributed by atoms with Gasteiger partial charge in [0.05, 0.1) is 11.7 Å². The number of nitrogens with zero attached hydrogens (tertiary/aromatic N) is 1. The van der Waals surface area contributed by atoms with Gasteiger partial charge in [-0.2, -0.15) is 0 Å². The van der Waals surface area contributed by atoms with Gasteiger partial charge in [-0.25, -0.2) is 0 Å². The van der Waals surface area contributed by atoms with E-state index >= 15 is 0 Å². The van der Waals surface area contributed by atoms with Crippen LogP contribution in [0.4, 0.5) is 0 Å². The second kappa shape index (κ2) is 10.7. The number of rotatable bonds is 6. The van der Waals surface area contributed by atoms with Crippen molar-refractivity contribution in [2.24, 2.45) is 5.73 Å². The molecule has 1 aliphatic carbocycles. The van der Waals surface area contributed by atoms with E-state index in [1.807, 2.05) is 30.3 Å². The Labute approximate surface area is 221 Å². The number of pyridine rings is 1. The summed E-state index contributed by atoms with van der Waals surface area (Å²) in [4.78, 5) is 43.1. The molecule has 1 atom stereocenters.